The lowest BCUT2D eigenvalue weighted by Crippen LogP contribution is -2.22. The number of rotatable bonds is 8. The van der Waals surface area contributed by atoms with E-state index < -0.39 is 17.8 Å². The molecule has 0 atom stereocenters. The van der Waals surface area contributed by atoms with E-state index in [1.807, 2.05) is 30.3 Å². The molecule has 0 aliphatic rings. The van der Waals surface area contributed by atoms with E-state index in [2.05, 4.69) is 15.3 Å². The fourth-order valence-electron chi connectivity index (χ4n) is 4.17. The molecule has 0 unspecified atom stereocenters. The number of hydrogen-bond donors (Lipinski definition) is 1. The molecule has 1 amide bonds. The Morgan fingerprint density at radius 2 is 1.63 bits per heavy atom. The molecule has 2 aromatic heterocycles. The summed E-state index contributed by atoms with van der Waals surface area (Å²) in [4.78, 5) is 45.9. The Kier molecular flexibility index (Phi) is 8.57. The number of aromatic nitrogens is 1. The first-order valence-electron chi connectivity index (χ1n) is 13.2. The minimum Gasteiger partial charge on any atom is -0.465 e. The van der Waals surface area contributed by atoms with Crippen LogP contribution in [-0.4, -0.2) is 29.9 Å². The van der Waals surface area contributed by atoms with E-state index in [-0.39, 0.29) is 17.7 Å². The summed E-state index contributed by atoms with van der Waals surface area (Å²) in [5, 5.41) is 3.37. The summed E-state index contributed by atoms with van der Waals surface area (Å²) in [5.41, 5.74) is 2.99. The predicted octanol–water partition coefficient (Wildman–Crippen LogP) is 6.26. The lowest BCUT2D eigenvalue weighted by atomic mass is 10.1. The second-order valence-electron chi connectivity index (χ2n) is 9.40. The van der Waals surface area contributed by atoms with Gasteiger partial charge in [0.2, 0.25) is 5.55 Å². The number of aryl methyl sites for hydroxylation is 1. The highest BCUT2D eigenvalue weighted by molar-refractivity contribution is 6.06. The largest absolute Gasteiger partial charge is 0.465 e. The summed E-state index contributed by atoms with van der Waals surface area (Å²) in [6, 6.07) is 24.3. The number of benzene rings is 3. The second-order valence-corrected chi connectivity index (χ2v) is 9.40. The zero-order valence-electron chi connectivity index (χ0n) is 23.6. The number of nitrogens with zero attached hydrogens (tertiary/aromatic N) is 2. The molecule has 0 aliphatic carbocycles. The number of esters is 2. The number of nitrogens with one attached hydrogen (secondary N) is 1. The Labute approximate surface area is 246 Å². The van der Waals surface area contributed by atoms with Crippen LogP contribution < -0.4 is 15.6 Å². The van der Waals surface area contributed by atoms with Crippen LogP contribution in [0.4, 0.5) is 11.4 Å². The average Bonchev–Trinajstić information content (AvgIpc) is 3.02. The lowest BCUT2D eigenvalue weighted by Gasteiger charge is -2.11. The number of para-hydroxylation sites is 1. The van der Waals surface area contributed by atoms with Crippen molar-refractivity contribution < 1.29 is 33.0 Å². The highest BCUT2D eigenvalue weighted by Crippen LogP contribution is 2.25. The summed E-state index contributed by atoms with van der Waals surface area (Å²) in [6.45, 7) is 3.03. The van der Waals surface area contributed by atoms with Crippen LogP contribution in [0.5, 0.6) is 11.5 Å². The monoisotopic (exact) mass is 577 g/mol. The van der Waals surface area contributed by atoms with Gasteiger partial charge in [0.15, 0.2) is 5.58 Å². The topological polar surface area (TPSA) is 129 Å². The van der Waals surface area contributed by atoms with Gasteiger partial charge in [-0.25, -0.2) is 9.79 Å². The molecule has 10 nitrogen and oxygen atoms in total. The third-order valence-electron chi connectivity index (χ3n) is 6.34. The van der Waals surface area contributed by atoms with Crippen LogP contribution in [0.3, 0.4) is 0 Å². The molecule has 2 heterocycles. The molecule has 10 heteroatoms. The minimum atomic E-state index is -0.507. The summed E-state index contributed by atoms with van der Waals surface area (Å²) >= 11 is 0. The Morgan fingerprint density at radius 3 is 2.30 bits per heavy atom. The van der Waals surface area contributed by atoms with Crippen LogP contribution in [0.2, 0.25) is 0 Å². The Morgan fingerprint density at radius 1 is 0.930 bits per heavy atom. The number of amides is 1. The summed E-state index contributed by atoms with van der Waals surface area (Å²) in [6.07, 6.45) is 1.58. The Bertz CT molecular complexity index is 1860. The first-order chi connectivity index (χ1) is 20.8. The highest BCUT2D eigenvalue weighted by atomic mass is 16.5. The van der Waals surface area contributed by atoms with Crippen molar-refractivity contribution in [1.29, 1.82) is 0 Å². The maximum atomic E-state index is 13.6. The van der Waals surface area contributed by atoms with Crippen LogP contribution in [0, 0.1) is 6.92 Å². The smallest absolute Gasteiger partial charge is 0.337 e. The third kappa shape index (κ3) is 6.94. The zero-order valence-corrected chi connectivity index (χ0v) is 23.6. The van der Waals surface area contributed by atoms with Crippen molar-refractivity contribution in [1.82, 2.24) is 4.98 Å². The molecule has 5 aromatic rings. The molecular formula is C33H27N3O7. The molecular weight excluding hydrogens is 550 g/mol. The first-order valence-corrected chi connectivity index (χ1v) is 13.2. The van der Waals surface area contributed by atoms with Gasteiger partial charge >= 0.3 is 11.9 Å². The van der Waals surface area contributed by atoms with Gasteiger partial charge in [-0.3, -0.25) is 14.6 Å². The van der Waals surface area contributed by atoms with Crippen LogP contribution in [0.25, 0.3) is 11.0 Å². The Balaban J connectivity index is 1.55. The van der Waals surface area contributed by atoms with Crippen molar-refractivity contribution in [3.8, 4) is 11.5 Å². The molecule has 1 N–H and O–H groups in total. The van der Waals surface area contributed by atoms with Crippen molar-refractivity contribution in [3.63, 3.8) is 0 Å². The van der Waals surface area contributed by atoms with Gasteiger partial charge in [-0.1, -0.05) is 18.2 Å². The number of ether oxygens (including phenoxy) is 3. The predicted molar refractivity (Wildman–Crippen MR) is 158 cm³/mol. The molecule has 5 rings (SSSR count). The van der Waals surface area contributed by atoms with Gasteiger partial charge in [0.1, 0.15) is 23.7 Å². The summed E-state index contributed by atoms with van der Waals surface area (Å²) in [7, 11) is 1.29. The van der Waals surface area contributed by atoms with E-state index >= 15 is 0 Å². The zero-order chi connectivity index (χ0) is 30.3. The van der Waals surface area contributed by atoms with E-state index in [0.29, 0.717) is 50.7 Å². The molecule has 0 saturated carbocycles. The lowest BCUT2D eigenvalue weighted by molar-refractivity contribution is -0.142. The number of fused-ring (bicyclic) bond motifs is 1. The third-order valence-corrected chi connectivity index (χ3v) is 6.34. The summed E-state index contributed by atoms with van der Waals surface area (Å²) < 4.78 is 22.0. The number of methoxy groups -OCH3 is 1. The standard InChI is InChI=1S/C33H27N3O7/c1-20-30-28(23(18-34-20)19-41-21(2)37)17-29(31(38)35-24-11-9-22(10-12-24)33(39)40-3)32(43-30)36-25-13-15-27(16-14-25)42-26-7-5-4-6-8-26/h4-18H,19H2,1-3H3,(H,35,38). The van der Waals surface area contributed by atoms with E-state index in [9.17, 15) is 14.4 Å². The van der Waals surface area contributed by atoms with Gasteiger partial charge in [-0.05, 0) is 73.7 Å². The van der Waals surface area contributed by atoms with Crippen LogP contribution in [-0.2, 0) is 20.9 Å². The van der Waals surface area contributed by atoms with E-state index in [4.69, 9.17) is 18.6 Å². The molecule has 3 aromatic carbocycles. The van der Waals surface area contributed by atoms with Gasteiger partial charge < -0.3 is 23.9 Å². The number of carbonyl (C=O) groups is 3. The van der Waals surface area contributed by atoms with E-state index in [1.54, 1.807) is 67.7 Å². The minimum absolute atomic E-state index is 0.0439. The fraction of sp³-hybridized carbons (Fsp3) is 0.121. The van der Waals surface area contributed by atoms with Gasteiger partial charge in [0.25, 0.3) is 5.91 Å². The number of hydrogen-bond acceptors (Lipinski definition) is 9. The highest BCUT2D eigenvalue weighted by Gasteiger charge is 2.18. The number of pyridine rings is 1. The first kappa shape index (κ1) is 28.7. The quantitative estimate of drug-likeness (QED) is 0.214. The summed E-state index contributed by atoms with van der Waals surface area (Å²) in [5.74, 6) is -0.138. The molecule has 43 heavy (non-hydrogen) atoms. The van der Waals surface area contributed by atoms with Crippen molar-refractivity contribution in [2.45, 2.75) is 20.5 Å². The van der Waals surface area contributed by atoms with Gasteiger partial charge in [-0.2, -0.15) is 0 Å². The molecule has 0 aliphatic heterocycles. The van der Waals surface area contributed by atoms with Crippen molar-refractivity contribution in [2.75, 3.05) is 12.4 Å². The number of anilines is 1. The molecule has 0 fully saturated rings. The maximum absolute atomic E-state index is 13.6. The van der Waals surface area contributed by atoms with Crippen LogP contribution >= 0.6 is 0 Å². The SMILES string of the molecule is COC(=O)c1ccc(NC(=O)c2cc3c(COC(C)=O)cnc(C)c3oc2=Nc2ccc(Oc3ccccc3)cc2)cc1. The molecule has 0 saturated heterocycles. The molecule has 0 spiro atoms. The van der Waals surface area contributed by atoms with Gasteiger partial charge in [0, 0.05) is 29.8 Å². The molecule has 216 valence electrons. The van der Waals surface area contributed by atoms with Crippen LogP contribution in [0.1, 0.15) is 38.9 Å². The normalized spacial score (nSPS) is 11.2. The van der Waals surface area contributed by atoms with Gasteiger partial charge in [0.05, 0.1) is 24.1 Å². The van der Waals surface area contributed by atoms with Gasteiger partial charge in [-0.15, -0.1) is 0 Å². The van der Waals surface area contributed by atoms with E-state index in [0.717, 1.165) is 0 Å². The van der Waals surface area contributed by atoms with Crippen molar-refractivity contribution in [2.24, 2.45) is 4.99 Å². The van der Waals surface area contributed by atoms with Crippen molar-refractivity contribution in [3.05, 3.63) is 119 Å². The van der Waals surface area contributed by atoms with Crippen LogP contribution in [0.15, 0.2) is 101 Å². The van der Waals surface area contributed by atoms with Crippen molar-refractivity contribution >= 4 is 40.2 Å². The molecule has 0 bridgehead atoms. The fourth-order valence-corrected chi connectivity index (χ4v) is 4.17. The average molecular weight is 578 g/mol. The Hall–Kier alpha value is -5.77. The molecule has 0 radical (unpaired) electrons. The second kappa shape index (κ2) is 12.8. The number of carbonyl (C=O) groups excluding carboxylic acids is 3. The van der Waals surface area contributed by atoms with E-state index in [1.165, 1.54) is 14.0 Å². The maximum Gasteiger partial charge on any atom is 0.337 e.